The second-order valence-corrected chi connectivity index (χ2v) is 5.84. The predicted molar refractivity (Wildman–Crippen MR) is 71.1 cm³/mol. The second kappa shape index (κ2) is 8.40. The highest BCUT2D eigenvalue weighted by Gasteiger charge is 2.03. The van der Waals surface area contributed by atoms with Crippen LogP contribution in [-0.4, -0.2) is 9.96 Å². The molecule has 0 spiro atoms. The lowest BCUT2D eigenvalue weighted by molar-refractivity contribution is 0.621. The maximum atomic E-state index is 12.7. The Hall–Kier alpha value is -0.700. The molecule has 3 heteroatoms. The molecule has 1 nitrogen and oxygen atoms in total. The highest BCUT2D eigenvalue weighted by molar-refractivity contribution is 7.85. The van der Waals surface area contributed by atoms with Crippen LogP contribution in [-0.2, 0) is 10.8 Å². The Morgan fingerprint density at radius 2 is 1.59 bits per heavy atom. The van der Waals surface area contributed by atoms with Gasteiger partial charge in [0.1, 0.15) is 5.82 Å². The van der Waals surface area contributed by atoms with Crippen LogP contribution in [0.3, 0.4) is 0 Å². The maximum Gasteiger partial charge on any atom is 0.123 e. The molecule has 0 fully saturated rings. The van der Waals surface area contributed by atoms with Crippen molar-refractivity contribution in [1.82, 2.24) is 0 Å². The van der Waals surface area contributed by atoms with Crippen LogP contribution in [0.25, 0.3) is 0 Å². The average Bonchev–Trinajstić information content (AvgIpc) is 2.34. The van der Waals surface area contributed by atoms with Crippen LogP contribution in [0.15, 0.2) is 29.2 Å². The summed E-state index contributed by atoms with van der Waals surface area (Å²) in [5, 5.41) is 0. The molecule has 0 radical (unpaired) electrons. The van der Waals surface area contributed by atoms with Gasteiger partial charge in [0.25, 0.3) is 0 Å². The minimum absolute atomic E-state index is 0.273. The fourth-order valence-electron chi connectivity index (χ4n) is 1.72. The number of benzene rings is 1. The van der Waals surface area contributed by atoms with Crippen LogP contribution in [0.1, 0.15) is 45.4 Å². The molecule has 0 heterocycles. The van der Waals surface area contributed by atoms with Gasteiger partial charge in [-0.25, -0.2) is 4.39 Å². The van der Waals surface area contributed by atoms with E-state index >= 15 is 0 Å². The third kappa shape index (κ3) is 5.97. The fraction of sp³-hybridized carbons (Fsp3) is 0.571. The number of hydrogen-bond acceptors (Lipinski definition) is 1. The fourth-order valence-corrected chi connectivity index (χ4v) is 2.86. The normalized spacial score (nSPS) is 12.6. The maximum absolute atomic E-state index is 12.7. The Morgan fingerprint density at radius 3 is 2.24 bits per heavy atom. The van der Waals surface area contributed by atoms with Crippen LogP contribution < -0.4 is 0 Å². The van der Waals surface area contributed by atoms with E-state index in [-0.39, 0.29) is 5.82 Å². The molecule has 0 aliphatic carbocycles. The molecule has 0 amide bonds. The van der Waals surface area contributed by atoms with Crippen molar-refractivity contribution in [2.24, 2.45) is 0 Å². The molecule has 0 N–H and O–H groups in total. The first-order chi connectivity index (χ1) is 8.24. The third-order valence-corrected chi connectivity index (χ3v) is 4.22. The van der Waals surface area contributed by atoms with E-state index in [2.05, 4.69) is 6.92 Å². The van der Waals surface area contributed by atoms with E-state index in [4.69, 9.17) is 0 Å². The second-order valence-electron chi connectivity index (χ2n) is 4.27. The number of unbranched alkanes of at least 4 members (excludes halogenated alkanes) is 5. The van der Waals surface area contributed by atoms with Crippen LogP contribution in [0.5, 0.6) is 0 Å². The lowest BCUT2D eigenvalue weighted by Gasteiger charge is -2.02. The summed E-state index contributed by atoms with van der Waals surface area (Å²) in [4.78, 5) is 0.736. The van der Waals surface area contributed by atoms with Gasteiger partial charge in [-0.15, -0.1) is 0 Å². The summed E-state index contributed by atoms with van der Waals surface area (Å²) < 4.78 is 24.5. The molecular formula is C14H21FOS. The molecular weight excluding hydrogens is 235 g/mol. The molecule has 0 saturated carbocycles. The zero-order chi connectivity index (χ0) is 12.5. The van der Waals surface area contributed by atoms with Crippen molar-refractivity contribution in [2.45, 2.75) is 50.3 Å². The molecule has 17 heavy (non-hydrogen) atoms. The molecule has 1 rings (SSSR count). The molecule has 0 aliphatic heterocycles. The largest absolute Gasteiger partial charge is 0.254 e. The van der Waals surface area contributed by atoms with E-state index in [1.165, 1.54) is 37.8 Å². The number of rotatable bonds is 8. The average molecular weight is 256 g/mol. The lowest BCUT2D eigenvalue weighted by atomic mass is 10.1. The van der Waals surface area contributed by atoms with Crippen LogP contribution in [0.2, 0.25) is 0 Å². The van der Waals surface area contributed by atoms with Gasteiger partial charge in [0.15, 0.2) is 0 Å². The Kier molecular flexibility index (Phi) is 7.10. The molecule has 1 aromatic carbocycles. The molecule has 0 saturated heterocycles. The van der Waals surface area contributed by atoms with Crippen LogP contribution in [0.4, 0.5) is 4.39 Å². The smallest absolute Gasteiger partial charge is 0.123 e. The van der Waals surface area contributed by atoms with Crippen LogP contribution in [0, 0.1) is 5.82 Å². The van der Waals surface area contributed by atoms with E-state index < -0.39 is 10.8 Å². The van der Waals surface area contributed by atoms with Crippen molar-refractivity contribution in [3.63, 3.8) is 0 Å². The summed E-state index contributed by atoms with van der Waals surface area (Å²) in [5.41, 5.74) is 0. The van der Waals surface area contributed by atoms with Gasteiger partial charge in [-0.3, -0.25) is 4.21 Å². The molecule has 0 bridgehead atoms. The summed E-state index contributed by atoms with van der Waals surface area (Å²) in [6, 6.07) is 5.97. The van der Waals surface area contributed by atoms with Gasteiger partial charge in [0.2, 0.25) is 0 Å². The monoisotopic (exact) mass is 256 g/mol. The Labute approximate surface area is 106 Å². The van der Waals surface area contributed by atoms with Crippen molar-refractivity contribution in [1.29, 1.82) is 0 Å². The predicted octanol–water partition coefficient (Wildman–Crippen LogP) is 4.29. The van der Waals surface area contributed by atoms with E-state index in [1.54, 1.807) is 12.1 Å². The van der Waals surface area contributed by atoms with Gasteiger partial charge in [0.05, 0.1) is 10.8 Å². The molecule has 1 aromatic rings. The van der Waals surface area contributed by atoms with Crippen LogP contribution >= 0.6 is 0 Å². The quantitative estimate of drug-likeness (QED) is 0.634. The zero-order valence-corrected chi connectivity index (χ0v) is 11.3. The number of halogens is 1. The topological polar surface area (TPSA) is 17.1 Å². The van der Waals surface area contributed by atoms with Gasteiger partial charge in [0, 0.05) is 10.6 Å². The zero-order valence-electron chi connectivity index (χ0n) is 10.5. The summed E-state index contributed by atoms with van der Waals surface area (Å²) in [5.74, 6) is 0.419. The van der Waals surface area contributed by atoms with Gasteiger partial charge in [-0.05, 0) is 30.7 Å². The third-order valence-electron chi connectivity index (χ3n) is 2.76. The SMILES string of the molecule is CCCCCCCCS(=O)c1ccc(F)cc1. The first-order valence-corrected chi connectivity index (χ1v) is 7.70. The summed E-state index contributed by atoms with van der Waals surface area (Å²) in [6.45, 7) is 2.20. The van der Waals surface area contributed by atoms with Crippen molar-refractivity contribution in [3.8, 4) is 0 Å². The Bertz CT molecular complexity index is 335. The van der Waals surface area contributed by atoms with Crippen molar-refractivity contribution < 1.29 is 8.60 Å². The highest BCUT2D eigenvalue weighted by atomic mass is 32.2. The van der Waals surface area contributed by atoms with Gasteiger partial charge < -0.3 is 0 Å². The van der Waals surface area contributed by atoms with E-state index in [9.17, 15) is 8.60 Å². The molecule has 96 valence electrons. The van der Waals surface area contributed by atoms with Crippen molar-refractivity contribution >= 4 is 10.8 Å². The summed E-state index contributed by atoms with van der Waals surface area (Å²) in [6.07, 6.45) is 7.19. The van der Waals surface area contributed by atoms with Crippen molar-refractivity contribution in [3.05, 3.63) is 30.1 Å². The van der Waals surface area contributed by atoms with E-state index in [0.29, 0.717) is 5.75 Å². The molecule has 1 atom stereocenters. The molecule has 0 aromatic heterocycles. The summed E-state index contributed by atoms with van der Waals surface area (Å²) >= 11 is 0. The molecule has 0 aliphatic rings. The van der Waals surface area contributed by atoms with Gasteiger partial charge >= 0.3 is 0 Å². The van der Waals surface area contributed by atoms with Gasteiger partial charge in [-0.2, -0.15) is 0 Å². The molecule has 1 unspecified atom stereocenters. The first kappa shape index (κ1) is 14.4. The minimum Gasteiger partial charge on any atom is -0.254 e. The van der Waals surface area contributed by atoms with E-state index in [1.807, 2.05) is 0 Å². The first-order valence-electron chi connectivity index (χ1n) is 6.38. The Balaban J connectivity index is 2.19. The van der Waals surface area contributed by atoms with Crippen molar-refractivity contribution in [2.75, 3.05) is 5.75 Å². The van der Waals surface area contributed by atoms with Gasteiger partial charge in [-0.1, -0.05) is 39.0 Å². The summed E-state index contributed by atoms with van der Waals surface area (Å²) in [7, 11) is -0.966. The van der Waals surface area contributed by atoms with E-state index in [0.717, 1.165) is 17.7 Å². The standard InChI is InChI=1S/C14H21FOS/c1-2-3-4-5-6-7-12-17(16)14-10-8-13(15)9-11-14/h8-11H,2-7,12H2,1H3. The highest BCUT2D eigenvalue weighted by Crippen LogP contribution is 2.11. The Morgan fingerprint density at radius 1 is 1.00 bits per heavy atom. The number of hydrogen-bond donors (Lipinski definition) is 0. The minimum atomic E-state index is -0.966. The lowest BCUT2D eigenvalue weighted by Crippen LogP contribution is -1.98.